The molecule has 0 radical (unpaired) electrons. The molecule has 26 heavy (non-hydrogen) atoms. The Morgan fingerprint density at radius 2 is 1.88 bits per heavy atom. The van der Waals surface area contributed by atoms with Crippen molar-refractivity contribution in [3.63, 3.8) is 0 Å². The van der Waals surface area contributed by atoms with Crippen molar-refractivity contribution in [2.45, 2.75) is 13.0 Å². The van der Waals surface area contributed by atoms with Gasteiger partial charge in [0.15, 0.2) is 5.82 Å². The monoisotopic (exact) mass is 348 g/mol. The lowest BCUT2D eigenvalue weighted by atomic mass is 9.95. The van der Waals surface area contributed by atoms with Crippen LogP contribution in [-0.2, 0) is 4.79 Å². The molecule has 2 aromatic heterocycles. The average Bonchev–Trinajstić information content (AvgIpc) is 3.05. The molecule has 0 bridgehead atoms. The smallest absolute Gasteiger partial charge is 0.248 e. The molecule has 0 saturated heterocycles. The molecule has 3 aromatic rings. The number of nitrogens with zero attached hydrogens (tertiary/aromatic N) is 4. The Balaban J connectivity index is 1.88. The summed E-state index contributed by atoms with van der Waals surface area (Å²) in [4.78, 5) is 20.6. The van der Waals surface area contributed by atoms with Crippen molar-refractivity contribution in [1.29, 1.82) is 0 Å². The molecule has 0 saturated carbocycles. The van der Waals surface area contributed by atoms with Crippen molar-refractivity contribution in [3.8, 4) is 17.1 Å². The van der Waals surface area contributed by atoms with Gasteiger partial charge in [-0.3, -0.25) is 9.78 Å². The van der Waals surface area contributed by atoms with Gasteiger partial charge >= 0.3 is 0 Å². The van der Waals surface area contributed by atoms with E-state index >= 15 is 0 Å². The van der Waals surface area contributed by atoms with Gasteiger partial charge in [0.25, 0.3) is 0 Å². The molecule has 0 fully saturated rings. The Hall–Kier alpha value is -3.68. The highest BCUT2D eigenvalue weighted by atomic mass is 16.3. The summed E-state index contributed by atoms with van der Waals surface area (Å²) in [5.74, 6) is 0.620. The van der Waals surface area contributed by atoms with Crippen LogP contribution in [0.3, 0.4) is 0 Å². The summed E-state index contributed by atoms with van der Waals surface area (Å²) in [5, 5.41) is 17.2. The number of phenols is 1. The number of benzene rings is 1. The normalized spacial score (nSPS) is 16.1. The number of carbonyl (C=O) groups is 1. The van der Waals surface area contributed by atoms with E-state index in [4.69, 9.17) is 5.73 Å². The quantitative estimate of drug-likeness (QED) is 0.664. The third kappa shape index (κ3) is 2.57. The molecule has 130 valence electrons. The van der Waals surface area contributed by atoms with Gasteiger partial charge in [0.2, 0.25) is 11.9 Å². The van der Waals surface area contributed by atoms with E-state index in [9.17, 15) is 9.90 Å². The Labute approximate surface area is 149 Å². The van der Waals surface area contributed by atoms with Gasteiger partial charge in [-0.2, -0.15) is 4.98 Å². The number of nitrogens with one attached hydrogen (secondary N) is 1. The zero-order valence-corrected chi connectivity index (χ0v) is 13.9. The standard InChI is InChI=1S/C18H16N6O2/c1-10-14(16(19)26)15(11-2-4-13(25)5-3-11)24-18(21-10)22-17(23-24)12-6-8-20-9-7-12/h2-9,15,25H,1H3,(H2,19,26)(H,21,22,23). The summed E-state index contributed by atoms with van der Waals surface area (Å²) in [7, 11) is 0. The number of hydrogen-bond donors (Lipinski definition) is 3. The molecule has 8 heteroatoms. The highest BCUT2D eigenvalue weighted by Crippen LogP contribution is 2.36. The van der Waals surface area contributed by atoms with Gasteiger partial charge in [0, 0.05) is 23.7 Å². The zero-order chi connectivity index (χ0) is 18.3. The van der Waals surface area contributed by atoms with Crippen LogP contribution in [0.2, 0.25) is 0 Å². The first-order valence-corrected chi connectivity index (χ1v) is 7.98. The number of nitrogens with two attached hydrogens (primary N) is 1. The van der Waals surface area contributed by atoms with E-state index in [1.165, 1.54) is 0 Å². The van der Waals surface area contributed by atoms with Gasteiger partial charge in [-0.25, -0.2) is 4.68 Å². The SMILES string of the molecule is CC1=C(C(N)=O)C(c2ccc(O)cc2)n2nc(-c3ccncc3)nc2N1. The number of aromatic nitrogens is 4. The maximum atomic E-state index is 12.1. The van der Waals surface area contributed by atoms with Gasteiger partial charge in [-0.15, -0.1) is 5.10 Å². The van der Waals surface area contributed by atoms with E-state index in [1.54, 1.807) is 48.3 Å². The first kappa shape index (κ1) is 15.8. The highest BCUT2D eigenvalue weighted by Gasteiger charge is 2.33. The van der Waals surface area contributed by atoms with Crippen LogP contribution < -0.4 is 11.1 Å². The van der Waals surface area contributed by atoms with Gasteiger partial charge in [0.05, 0.1) is 5.57 Å². The van der Waals surface area contributed by atoms with Crippen LogP contribution in [0, 0.1) is 0 Å². The molecule has 1 atom stereocenters. The molecule has 8 nitrogen and oxygen atoms in total. The molecule has 0 aliphatic carbocycles. The van der Waals surface area contributed by atoms with Crippen LogP contribution in [-0.4, -0.2) is 30.8 Å². The van der Waals surface area contributed by atoms with Crippen molar-refractivity contribution in [2.24, 2.45) is 5.73 Å². The van der Waals surface area contributed by atoms with E-state index in [2.05, 4.69) is 20.4 Å². The number of rotatable bonds is 3. The van der Waals surface area contributed by atoms with Crippen LogP contribution in [0.4, 0.5) is 5.95 Å². The zero-order valence-electron chi connectivity index (χ0n) is 13.9. The third-order valence-electron chi connectivity index (χ3n) is 4.27. The second-order valence-electron chi connectivity index (χ2n) is 5.96. The Morgan fingerprint density at radius 3 is 2.54 bits per heavy atom. The minimum Gasteiger partial charge on any atom is -0.508 e. The third-order valence-corrected chi connectivity index (χ3v) is 4.27. The molecule has 1 aromatic carbocycles. The molecule has 4 N–H and O–H groups in total. The summed E-state index contributed by atoms with van der Waals surface area (Å²) in [6, 6.07) is 9.68. The summed E-state index contributed by atoms with van der Waals surface area (Å²) in [5.41, 5.74) is 8.23. The lowest BCUT2D eigenvalue weighted by Crippen LogP contribution is -2.31. The predicted octanol–water partition coefficient (Wildman–Crippen LogP) is 1.82. The van der Waals surface area contributed by atoms with Crippen LogP contribution in [0.15, 0.2) is 60.1 Å². The van der Waals surface area contributed by atoms with E-state index in [-0.39, 0.29) is 5.75 Å². The van der Waals surface area contributed by atoms with Crippen LogP contribution in [0.5, 0.6) is 5.75 Å². The fourth-order valence-corrected chi connectivity index (χ4v) is 3.06. The number of fused-ring (bicyclic) bond motifs is 1. The molecule has 1 amide bonds. The molecule has 4 rings (SSSR count). The number of pyridine rings is 1. The van der Waals surface area contributed by atoms with Crippen molar-refractivity contribution >= 4 is 11.9 Å². The molecular formula is C18H16N6O2. The summed E-state index contributed by atoms with van der Waals surface area (Å²) < 4.78 is 1.63. The van der Waals surface area contributed by atoms with Gasteiger partial charge in [-0.05, 0) is 36.8 Å². The second kappa shape index (κ2) is 5.99. The fourth-order valence-electron chi connectivity index (χ4n) is 3.06. The Kier molecular flexibility index (Phi) is 3.65. The van der Waals surface area contributed by atoms with Crippen molar-refractivity contribution in [2.75, 3.05) is 5.32 Å². The van der Waals surface area contributed by atoms with Crippen LogP contribution in [0.1, 0.15) is 18.5 Å². The second-order valence-corrected chi connectivity index (χ2v) is 5.96. The molecule has 0 spiro atoms. The Morgan fingerprint density at radius 1 is 1.19 bits per heavy atom. The summed E-state index contributed by atoms with van der Waals surface area (Å²) >= 11 is 0. The number of primary amides is 1. The first-order chi connectivity index (χ1) is 12.5. The highest BCUT2D eigenvalue weighted by molar-refractivity contribution is 5.95. The number of amides is 1. The molecule has 1 aliphatic heterocycles. The van der Waals surface area contributed by atoms with Crippen LogP contribution in [0.25, 0.3) is 11.4 Å². The predicted molar refractivity (Wildman–Crippen MR) is 95.0 cm³/mol. The number of hydrogen-bond acceptors (Lipinski definition) is 6. The van der Waals surface area contributed by atoms with Gasteiger partial charge in [0.1, 0.15) is 11.8 Å². The topological polar surface area (TPSA) is 119 Å². The lowest BCUT2D eigenvalue weighted by molar-refractivity contribution is -0.115. The number of aromatic hydroxyl groups is 1. The number of allylic oxidation sites excluding steroid dienone is 1. The van der Waals surface area contributed by atoms with Crippen LogP contribution >= 0.6 is 0 Å². The van der Waals surface area contributed by atoms with Crippen molar-refractivity contribution in [1.82, 2.24) is 19.7 Å². The molecule has 1 unspecified atom stereocenters. The fraction of sp³-hybridized carbons (Fsp3) is 0.111. The number of carbonyl (C=O) groups excluding carboxylic acids is 1. The van der Waals surface area contributed by atoms with E-state index in [0.29, 0.717) is 23.0 Å². The van der Waals surface area contributed by atoms with Gasteiger partial charge in [-0.1, -0.05) is 12.1 Å². The maximum absolute atomic E-state index is 12.1. The summed E-state index contributed by atoms with van der Waals surface area (Å²) in [6.07, 6.45) is 3.33. The number of anilines is 1. The molecule has 1 aliphatic rings. The van der Waals surface area contributed by atoms with E-state index < -0.39 is 11.9 Å². The minimum absolute atomic E-state index is 0.139. The van der Waals surface area contributed by atoms with Gasteiger partial charge < -0.3 is 16.2 Å². The van der Waals surface area contributed by atoms with E-state index in [1.807, 2.05) is 12.1 Å². The minimum atomic E-state index is -0.542. The Bertz CT molecular complexity index is 1010. The average molecular weight is 348 g/mol. The van der Waals surface area contributed by atoms with Crippen molar-refractivity contribution in [3.05, 3.63) is 65.6 Å². The maximum Gasteiger partial charge on any atom is 0.248 e. The first-order valence-electron chi connectivity index (χ1n) is 7.98. The number of phenolic OH excluding ortho intramolecular Hbond substituents is 1. The largest absolute Gasteiger partial charge is 0.508 e. The molecule has 3 heterocycles. The molecular weight excluding hydrogens is 332 g/mol. The lowest BCUT2D eigenvalue weighted by Gasteiger charge is -2.27. The summed E-state index contributed by atoms with van der Waals surface area (Å²) in [6.45, 7) is 1.78. The van der Waals surface area contributed by atoms with E-state index in [0.717, 1.165) is 11.1 Å². The van der Waals surface area contributed by atoms with Crippen molar-refractivity contribution < 1.29 is 9.90 Å².